The van der Waals surface area contributed by atoms with Gasteiger partial charge < -0.3 is 15.0 Å². The van der Waals surface area contributed by atoms with Gasteiger partial charge in [-0.15, -0.1) is 0 Å². The maximum atomic E-state index is 13.0. The Balaban J connectivity index is 1.88. The molecular formula is C24H31N3O3. The van der Waals surface area contributed by atoms with Crippen molar-refractivity contribution in [2.24, 2.45) is 5.92 Å². The molecule has 1 aliphatic rings. The quantitative estimate of drug-likeness (QED) is 0.763. The van der Waals surface area contributed by atoms with E-state index in [0.717, 1.165) is 29.5 Å². The Morgan fingerprint density at radius 1 is 1.20 bits per heavy atom. The van der Waals surface area contributed by atoms with Gasteiger partial charge in [0.2, 0.25) is 5.91 Å². The van der Waals surface area contributed by atoms with Crippen molar-refractivity contribution in [1.82, 2.24) is 15.2 Å². The van der Waals surface area contributed by atoms with Crippen LogP contribution in [0.15, 0.2) is 48.8 Å². The molecule has 1 aliphatic heterocycles. The number of likely N-dealkylation sites (N-methyl/N-ethyl adjacent to an activating group) is 1. The summed E-state index contributed by atoms with van der Waals surface area (Å²) in [6, 6.07) is 12.0. The molecule has 2 heterocycles. The van der Waals surface area contributed by atoms with Gasteiger partial charge in [-0.25, -0.2) is 0 Å². The van der Waals surface area contributed by atoms with Gasteiger partial charge >= 0.3 is 0 Å². The number of ether oxygens (including phenoxy) is 1. The van der Waals surface area contributed by atoms with Crippen molar-refractivity contribution in [1.29, 1.82) is 0 Å². The zero-order valence-corrected chi connectivity index (χ0v) is 18.1. The molecule has 1 N–H and O–H groups in total. The molecule has 2 amide bonds. The average molecular weight is 410 g/mol. The second-order valence-electron chi connectivity index (χ2n) is 7.81. The van der Waals surface area contributed by atoms with Crippen molar-refractivity contribution >= 4 is 11.8 Å². The van der Waals surface area contributed by atoms with E-state index in [1.807, 2.05) is 50.4 Å². The van der Waals surface area contributed by atoms with Crippen LogP contribution in [0, 0.1) is 5.92 Å². The molecule has 2 aromatic rings. The fourth-order valence-electron chi connectivity index (χ4n) is 4.14. The van der Waals surface area contributed by atoms with Crippen molar-refractivity contribution in [3.63, 3.8) is 0 Å². The Morgan fingerprint density at radius 2 is 1.97 bits per heavy atom. The number of nitrogens with zero attached hydrogens (tertiary/aromatic N) is 2. The van der Waals surface area contributed by atoms with Crippen LogP contribution in [-0.2, 0) is 20.7 Å². The molecule has 160 valence electrons. The zero-order chi connectivity index (χ0) is 21.6. The molecule has 30 heavy (non-hydrogen) atoms. The topological polar surface area (TPSA) is 71.5 Å². The molecule has 3 rings (SSSR count). The minimum atomic E-state index is -1.09. The Hall–Kier alpha value is -2.73. The van der Waals surface area contributed by atoms with Crippen LogP contribution in [0.4, 0.5) is 0 Å². The number of pyridine rings is 1. The summed E-state index contributed by atoms with van der Waals surface area (Å²) >= 11 is 0. The zero-order valence-electron chi connectivity index (χ0n) is 18.1. The number of hydrogen-bond acceptors (Lipinski definition) is 4. The molecule has 0 aliphatic carbocycles. The summed E-state index contributed by atoms with van der Waals surface area (Å²) in [5.74, 6) is -0.101. The molecule has 0 unspecified atom stereocenters. The Morgan fingerprint density at radius 3 is 2.63 bits per heavy atom. The van der Waals surface area contributed by atoms with Crippen LogP contribution < -0.4 is 5.32 Å². The molecule has 0 radical (unpaired) electrons. The SMILES string of the molecule is CCC(CC)C(=O)N1CCO[C@](Cc2cccc(-c3cccnc3)c2)(C(=O)NC)C1. The van der Waals surface area contributed by atoms with E-state index in [1.165, 1.54) is 0 Å². The van der Waals surface area contributed by atoms with Crippen LogP contribution in [0.1, 0.15) is 32.3 Å². The van der Waals surface area contributed by atoms with E-state index in [1.54, 1.807) is 18.1 Å². The van der Waals surface area contributed by atoms with Crippen molar-refractivity contribution < 1.29 is 14.3 Å². The second-order valence-corrected chi connectivity index (χ2v) is 7.81. The third-order valence-electron chi connectivity index (χ3n) is 5.88. The molecule has 1 saturated heterocycles. The number of amides is 2. The predicted molar refractivity (Wildman–Crippen MR) is 117 cm³/mol. The van der Waals surface area contributed by atoms with Gasteiger partial charge in [-0.1, -0.05) is 44.2 Å². The van der Waals surface area contributed by atoms with E-state index in [-0.39, 0.29) is 24.3 Å². The van der Waals surface area contributed by atoms with Crippen LogP contribution in [0.3, 0.4) is 0 Å². The summed E-state index contributed by atoms with van der Waals surface area (Å²) in [6.07, 6.45) is 5.56. The van der Waals surface area contributed by atoms with E-state index in [2.05, 4.69) is 16.4 Å². The van der Waals surface area contributed by atoms with E-state index in [9.17, 15) is 9.59 Å². The molecular weight excluding hydrogens is 378 g/mol. The Labute approximate surface area is 178 Å². The highest BCUT2D eigenvalue weighted by molar-refractivity contribution is 5.87. The third-order valence-corrected chi connectivity index (χ3v) is 5.88. The van der Waals surface area contributed by atoms with Crippen molar-refractivity contribution in [3.05, 3.63) is 54.4 Å². The molecule has 6 heteroatoms. The molecule has 1 aromatic carbocycles. The number of morpholine rings is 1. The van der Waals surface area contributed by atoms with Gasteiger partial charge in [-0.3, -0.25) is 14.6 Å². The normalized spacial score (nSPS) is 19.0. The van der Waals surface area contributed by atoms with Gasteiger partial charge in [-0.05, 0) is 35.6 Å². The highest BCUT2D eigenvalue weighted by Gasteiger charge is 2.45. The number of nitrogens with one attached hydrogen (secondary N) is 1. The predicted octanol–water partition coefficient (Wildman–Crippen LogP) is 3.07. The van der Waals surface area contributed by atoms with Crippen molar-refractivity contribution in [2.75, 3.05) is 26.7 Å². The minimum absolute atomic E-state index is 0.0144. The standard InChI is InChI=1S/C24H31N3O3/c1-4-19(5-2)22(28)27-12-13-30-24(17-27,23(29)25-3)15-18-8-6-9-20(14-18)21-10-7-11-26-16-21/h6-11,14,16,19H,4-5,12-13,15,17H2,1-3H3,(H,25,29)/t24-/m0/s1. The molecule has 6 nitrogen and oxygen atoms in total. The first-order valence-electron chi connectivity index (χ1n) is 10.7. The highest BCUT2D eigenvalue weighted by Crippen LogP contribution is 2.28. The van der Waals surface area contributed by atoms with E-state index < -0.39 is 5.60 Å². The molecule has 0 bridgehead atoms. The van der Waals surface area contributed by atoms with Crippen LogP contribution in [0.5, 0.6) is 0 Å². The number of carbonyl (C=O) groups is 2. The van der Waals surface area contributed by atoms with Gasteiger partial charge in [0.15, 0.2) is 5.60 Å². The monoisotopic (exact) mass is 409 g/mol. The summed E-state index contributed by atoms with van der Waals surface area (Å²) < 4.78 is 6.08. The van der Waals surface area contributed by atoms with Crippen molar-refractivity contribution in [3.8, 4) is 11.1 Å². The first kappa shape index (κ1) is 22.0. The van der Waals surface area contributed by atoms with Gasteiger partial charge in [0.1, 0.15) is 0 Å². The third kappa shape index (κ3) is 4.70. The lowest BCUT2D eigenvalue weighted by Crippen LogP contribution is -2.62. The number of benzene rings is 1. The van der Waals surface area contributed by atoms with Gasteiger partial charge in [-0.2, -0.15) is 0 Å². The number of carbonyl (C=O) groups excluding carboxylic acids is 2. The maximum absolute atomic E-state index is 13.0. The number of aromatic nitrogens is 1. The lowest BCUT2D eigenvalue weighted by Gasteiger charge is -2.42. The lowest BCUT2D eigenvalue weighted by atomic mass is 9.89. The fourth-order valence-corrected chi connectivity index (χ4v) is 4.14. The summed E-state index contributed by atoms with van der Waals surface area (Å²) in [4.78, 5) is 31.9. The van der Waals surface area contributed by atoms with Gasteiger partial charge in [0.25, 0.3) is 5.91 Å². The molecule has 1 fully saturated rings. The van der Waals surface area contributed by atoms with E-state index >= 15 is 0 Å². The van der Waals surface area contributed by atoms with Gasteiger partial charge in [0, 0.05) is 38.3 Å². The summed E-state index contributed by atoms with van der Waals surface area (Å²) in [7, 11) is 1.61. The maximum Gasteiger partial charge on any atom is 0.254 e. The molecule has 1 atom stereocenters. The summed E-state index contributed by atoms with van der Waals surface area (Å²) in [5, 5.41) is 2.75. The highest BCUT2D eigenvalue weighted by atomic mass is 16.5. The molecule has 0 spiro atoms. The van der Waals surface area contributed by atoms with Crippen LogP contribution >= 0.6 is 0 Å². The van der Waals surface area contributed by atoms with Crippen LogP contribution in [0.2, 0.25) is 0 Å². The van der Waals surface area contributed by atoms with Crippen LogP contribution in [0.25, 0.3) is 11.1 Å². The lowest BCUT2D eigenvalue weighted by molar-refractivity contribution is -0.167. The summed E-state index contributed by atoms with van der Waals surface area (Å²) in [6.45, 7) is 5.19. The fraction of sp³-hybridized carbons (Fsp3) is 0.458. The first-order valence-corrected chi connectivity index (χ1v) is 10.7. The number of hydrogen-bond donors (Lipinski definition) is 1. The first-order chi connectivity index (χ1) is 14.5. The molecule has 1 aromatic heterocycles. The van der Waals surface area contributed by atoms with Crippen LogP contribution in [-0.4, -0.2) is 54.0 Å². The summed E-state index contributed by atoms with van der Waals surface area (Å²) in [5.41, 5.74) is 1.94. The smallest absolute Gasteiger partial charge is 0.254 e. The minimum Gasteiger partial charge on any atom is -0.361 e. The average Bonchev–Trinajstić information content (AvgIpc) is 2.80. The van der Waals surface area contributed by atoms with E-state index in [4.69, 9.17) is 4.74 Å². The second kappa shape index (κ2) is 9.85. The van der Waals surface area contributed by atoms with Crippen molar-refractivity contribution in [2.45, 2.75) is 38.7 Å². The molecule has 0 saturated carbocycles. The Bertz CT molecular complexity index is 867. The Kier molecular flexibility index (Phi) is 7.21. The largest absolute Gasteiger partial charge is 0.361 e. The number of rotatable bonds is 7. The van der Waals surface area contributed by atoms with E-state index in [0.29, 0.717) is 19.6 Å². The van der Waals surface area contributed by atoms with Gasteiger partial charge in [0.05, 0.1) is 13.2 Å².